The molecule has 22 heavy (non-hydrogen) atoms. The molecule has 0 saturated heterocycles. The largest absolute Gasteiger partial charge is 0.477 e. The van der Waals surface area contributed by atoms with Crippen molar-refractivity contribution in [3.05, 3.63) is 48.0 Å². The molecular weight excluding hydrogens is 288 g/mol. The molecule has 110 valence electrons. The van der Waals surface area contributed by atoms with Crippen molar-refractivity contribution in [3.8, 4) is 22.3 Å². The first-order chi connectivity index (χ1) is 10.6. The minimum Gasteiger partial charge on any atom is -0.477 e. The van der Waals surface area contributed by atoms with E-state index in [-0.39, 0.29) is 11.4 Å². The van der Waals surface area contributed by atoms with Crippen LogP contribution in [0.4, 0.5) is 0 Å². The van der Waals surface area contributed by atoms with E-state index in [0.29, 0.717) is 22.3 Å². The highest BCUT2D eigenvalue weighted by Gasteiger charge is 2.16. The Morgan fingerprint density at radius 1 is 0.773 bits per heavy atom. The summed E-state index contributed by atoms with van der Waals surface area (Å²) in [6, 6.07) is 6.80. The van der Waals surface area contributed by atoms with Crippen molar-refractivity contribution in [2.75, 3.05) is 0 Å². The Hall–Kier alpha value is -3.42. The van der Waals surface area contributed by atoms with Crippen molar-refractivity contribution in [2.24, 2.45) is 0 Å². The summed E-state index contributed by atoms with van der Waals surface area (Å²) >= 11 is 0. The number of aromatic carboxylic acids is 2. The quantitative estimate of drug-likeness (QED) is 0.581. The lowest BCUT2D eigenvalue weighted by atomic mass is 10.0. The number of carboxylic acids is 2. The van der Waals surface area contributed by atoms with Crippen molar-refractivity contribution in [2.45, 2.75) is 0 Å². The Kier molecular flexibility index (Phi) is 3.18. The molecule has 0 unspecified atom stereocenters. The van der Waals surface area contributed by atoms with Crippen LogP contribution in [0.25, 0.3) is 22.3 Å². The van der Waals surface area contributed by atoms with Crippen LogP contribution in [0.15, 0.2) is 36.7 Å². The second-order valence-corrected chi connectivity index (χ2v) is 4.51. The normalized spacial score (nSPS) is 10.5. The van der Waals surface area contributed by atoms with Crippen molar-refractivity contribution >= 4 is 11.9 Å². The van der Waals surface area contributed by atoms with Crippen molar-refractivity contribution in [1.29, 1.82) is 0 Å². The van der Waals surface area contributed by atoms with Crippen molar-refractivity contribution in [3.63, 3.8) is 0 Å². The molecular formula is C14H10N4O4. The van der Waals surface area contributed by atoms with Crippen LogP contribution in [-0.2, 0) is 0 Å². The Balaban J connectivity index is 2.00. The SMILES string of the molecule is O=C(O)c1[nH]ncc1-c1ccc(-c2cn[nH]c2C(=O)O)cc1. The van der Waals surface area contributed by atoms with Gasteiger partial charge in [0.2, 0.25) is 0 Å². The van der Waals surface area contributed by atoms with E-state index in [1.54, 1.807) is 24.3 Å². The zero-order valence-electron chi connectivity index (χ0n) is 11.1. The van der Waals surface area contributed by atoms with Crippen LogP contribution in [-0.4, -0.2) is 42.5 Å². The molecule has 0 aliphatic rings. The van der Waals surface area contributed by atoms with Gasteiger partial charge in [-0.15, -0.1) is 0 Å². The average Bonchev–Trinajstić information content (AvgIpc) is 3.16. The number of carboxylic acid groups (broad SMARTS) is 2. The van der Waals surface area contributed by atoms with Gasteiger partial charge < -0.3 is 10.2 Å². The fourth-order valence-electron chi connectivity index (χ4n) is 2.17. The molecule has 0 aliphatic heterocycles. The lowest BCUT2D eigenvalue weighted by molar-refractivity contribution is 0.0680. The Morgan fingerprint density at radius 2 is 1.14 bits per heavy atom. The van der Waals surface area contributed by atoms with Gasteiger partial charge in [0.15, 0.2) is 11.4 Å². The third-order valence-electron chi connectivity index (χ3n) is 3.21. The fourth-order valence-corrected chi connectivity index (χ4v) is 2.17. The first-order valence-electron chi connectivity index (χ1n) is 6.22. The maximum Gasteiger partial charge on any atom is 0.354 e. The number of benzene rings is 1. The lowest BCUT2D eigenvalue weighted by Crippen LogP contribution is -1.99. The number of nitrogens with zero attached hydrogens (tertiary/aromatic N) is 2. The number of nitrogens with one attached hydrogen (secondary N) is 2. The highest BCUT2D eigenvalue weighted by molar-refractivity contribution is 5.95. The van der Waals surface area contributed by atoms with Crippen LogP contribution in [0.3, 0.4) is 0 Å². The first-order valence-corrected chi connectivity index (χ1v) is 6.22. The van der Waals surface area contributed by atoms with Gasteiger partial charge in [0, 0.05) is 11.1 Å². The molecule has 0 aliphatic carbocycles. The number of aromatic amines is 2. The van der Waals surface area contributed by atoms with Crippen LogP contribution in [0.5, 0.6) is 0 Å². The maximum atomic E-state index is 11.1. The Morgan fingerprint density at radius 3 is 1.45 bits per heavy atom. The van der Waals surface area contributed by atoms with Gasteiger partial charge >= 0.3 is 11.9 Å². The summed E-state index contributed by atoms with van der Waals surface area (Å²) in [4.78, 5) is 22.2. The van der Waals surface area contributed by atoms with E-state index in [0.717, 1.165) is 0 Å². The van der Waals surface area contributed by atoms with Crippen molar-refractivity contribution in [1.82, 2.24) is 20.4 Å². The van der Waals surface area contributed by atoms with E-state index in [1.165, 1.54) is 12.4 Å². The molecule has 2 heterocycles. The summed E-state index contributed by atoms with van der Waals surface area (Å²) in [6.07, 6.45) is 2.86. The smallest absolute Gasteiger partial charge is 0.354 e. The molecule has 0 fully saturated rings. The van der Waals surface area contributed by atoms with Gasteiger partial charge in [0.25, 0.3) is 0 Å². The molecule has 0 bridgehead atoms. The second-order valence-electron chi connectivity index (χ2n) is 4.51. The maximum absolute atomic E-state index is 11.1. The zero-order chi connectivity index (χ0) is 15.7. The number of H-pyrrole nitrogens is 2. The summed E-state index contributed by atoms with van der Waals surface area (Å²) in [5.41, 5.74) is 2.25. The average molecular weight is 298 g/mol. The number of hydrogen-bond donors (Lipinski definition) is 4. The number of hydrogen-bond acceptors (Lipinski definition) is 4. The first kappa shape index (κ1) is 13.6. The zero-order valence-corrected chi connectivity index (χ0v) is 11.1. The molecule has 0 spiro atoms. The van der Waals surface area contributed by atoms with E-state index in [1.807, 2.05) is 0 Å². The van der Waals surface area contributed by atoms with Crippen LogP contribution < -0.4 is 0 Å². The molecule has 4 N–H and O–H groups in total. The van der Waals surface area contributed by atoms with Crippen LogP contribution in [0.2, 0.25) is 0 Å². The minimum absolute atomic E-state index is 0.00212. The van der Waals surface area contributed by atoms with Crippen LogP contribution >= 0.6 is 0 Å². The standard InChI is InChI=1S/C14H10N4O4/c19-13(20)11-9(5-15-17-11)7-1-2-8(4-3-7)10-6-16-18-12(10)14(21)22/h1-6H,(H,15,17)(H,16,18)(H,19,20)(H,21,22). The van der Waals surface area contributed by atoms with E-state index in [2.05, 4.69) is 20.4 Å². The number of rotatable bonds is 4. The van der Waals surface area contributed by atoms with Gasteiger partial charge in [-0.05, 0) is 11.1 Å². The summed E-state index contributed by atoms with van der Waals surface area (Å²) < 4.78 is 0. The highest BCUT2D eigenvalue weighted by Crippen LogP contribution is 2.27. The molecule has 2 aromatic heterocycles. The molecule has 3 rings (SSSR count). The predicted octanol–water partition coefficient (Wildman–Crippen LogP) is 1.86. The van der Waals surface area contributed by atoms with E-state index >= 15 is 0 Å². The van der Waals surface area contributed by atoms with Crippen LogP contribution in [0, 0.1) is 0 Å². The summed E-state index contributed by atoms with van der Waals surface area (Å²) in [5.74, 6) is -2.20. The molecule has 8 nitrogen and oxygen atoms in total. The molecule has 0 amide bonds. The second kappa shape index (κ2) is 5.17. The molecule has 3 aromatic rings. The monoisotopic (exact) mass is 298 g/mol. The third kappa shape index (κ3) is 2.22. The van der Waals surface area contributed by atoms with Gasteiger partial charge in [0.05, 0.1) is 12.4 Å². The third-order valence-corrected chi connectivity index (χ3v) is 3.21. The van der Waals surface area contributed by atoms with Gasteiger partial charge in [-0.2, -0.15) is 10.2 Å². The topological polar surface area (TPSA) is 132 Å². The Bertz CT molecular complexity index is 777. The fraction of sp³-hybridized carbons (Fsp3) is 0. The highest BCUT2D eigenvalue weighted by atomic mass is 16.4. The van der Waals surface area contributed by atoms with Gasteiger partial charge in [0.1, 0.15) is 0 Å². The molecule has 0 radical (unpaired) electrons. The summed E-state index contributed by atoms with van der Waals surface area (Å²) in [6.45, 7) is 0. The molecule has 0 atom stereocenters. The number of aromatic nitrogens is 4. The summed E-state index contributed by atoms with van der Waals surface area (Å²) in [7, 11) is 0. The Labute approximate surface area is 123 Å². The van der Waals surface area contributed by atoms with Gasteiger partial charge in [-0.25, -0.2) is 9.59 Å². The molecule has 8 heteroatoms. The van der Waals surface area contributed by atoms with Gasteiger partial charge in [-0.3, -0.25) is 10.2 Å². The van der Waals surface area contributed by atoms with Crippen LogP contribution in [0.1, 0.15) is 21.0 Å². The summed E-state index contributed by atoms with van der Waals surface area (Å²) in [5, 5.41) is 30.5. The predicted molar refractivity (Wildman–Crippen MR) is 75.5 cm³/mol. The minimum atomic E-state index is -1.10. The van der Waals surface area contributed by atoms with Gasteiger partial charge in [-0.1, -0.05) is 24.3 Å². The molecule has 0 saturated carbocycles. The lowest BCUT2D eigenvalue weighted by Gasteiger charge is -2.03. The van der Waals surface area contributed by atoms with E-state index < -0.39 is 11.9 Å². The van der Waals surface area contributed by atoms with Crippen molar-refractivity contribution < 1.29 is 19.8 Å². The van der Waals surface area contributed by atoms with E-state index in [9.17, 15) is 9.59 Å². The number of carbonyl (C=O) groups is 2. The molecule has 1 aromatic carbocycles. The van der Waals surface area contributed by atoms with E-state index in [4.69, 9.17) is 10.2 Å².